The number of nitrogens with one attached hydrogen (secondary N) is 1. The Kier molecular flexibility index (Phi) is 4.77. The van der Waals surface area contributed by atoms with E-state index in [1.54, 1.807) is 12.3 Å². The van der Waals surface area contributed by atoms with E-state index < -0.39 is 0 Å². The van der Waals surface area contributed by atoms with Gasteiger partial charge in [-0.05, 0) is 37.8 Å². The monoisotopic (exact) mass is 261 g/mol. The van der Waals surface area contributed by atoms with Crippen molar-refractivity contribution in [3.05, 3.63) is 23.9 Å². The fourth-order valence-corrected chi connectivity index (χ4v) is 2.12. The normalized spacial score (nSPS) is 14.2. The molecule has 0 atom stereocenters. The summed E-state index contributed by atoms with van der Waals surface area (Å²) >= 11 is 0. The molecule has 1 saturated carbocycles. The third-order valence-corrected chi connectivity index (χ3v) is 3.21. The quantitative estimate of drug-likeness (QED) is 0.821. The molecule has 0 radical (unpaired) electrons. The molecule has 0 aliphatic heterocycles. The molecule has 0 aromatic carbocycles. The Morgan fingerprint density at radius 3 is 2.63 bits per heavy atom. The second kappa shape index (κ2) is 6.55. The molecule has 1 fully saturated rings. The Morgan fingerprint density at radius 2 is 2.05 bits per heavy atom. The molecule has 1 aliphatic rings. The van der Waals surface area contributed by atoms with Gasteiger partial charge in [-0.2, -0.15) is 0 Å². The van der Waals surface area contributed by atoms with Crippen molar-refractivity contribution in [1.82, 2.24) is 9.88 Å². The lowest BCUT2D eigenvalue weighted by molar-refractivity contribution is 0.0755. The van der Waals surface area contributed by atoms with Crippen LogP contribution in [0.25, 0.3) is 0 Å². The Morgan fingerprint density at radius 1 is 1.37 bits per heavy atom. The standard InChI is InChI=1S/C15H23N3O/c1-3-9-18(10-4-2)15(19)12-7-8-16-14(11-12)17-13-5-6-13/h7-8,11,13H,3-6,9-10H2,1-2H3,(H,16,17). The van der Waals surface area contributed by atoms with E-state index in [0.717, 1.165) is 37.3 Å². The molecule has 1 N–H and O–H groups in total. The van der Waals surface area contributed by atoms with E-state index in [1.807, 2.05) is 11.0 Å². The van der Waals surface area contributed by atoms with Gasteiger partial charge in [0, 0.05) is 30.9 Å². The van der Waals surface area contributed by atoms with Gasteiger partial charge in [0.05, 0.1) is 0 Å². The second-order valence-corrected chi connectivity index (χ2v) is 5.14. The fourth-order valence-electron chi connectivity index (χ4n) is 2.12. The first-order chi connectivity index (χ1) is 9.24. The zero-order chi connectivity index (χ0) is 13.7. The molecule has 0 bridgehead atoms. The minimum Gasteiger partial charge on any atom is -0.367 e. The van der Waals surface area contributed by atoms with Crippen LogP contribution in [-0.2, 0) is 0 Å². The van der Waals surface area contributed by atoms with Crippen molar-refractivity contribution < 1.29 is 4.79 Å². The van der Waals surface area contributed by atoms with Gasteiger partial charge in [0.2, 0.25) is 0 Å². The first-order valence-electron chi connectivity index (χ1n) is 7.26. The minimum absolute atomic E-state index is 0.116. The third kappa shape index (κ3) is 3.94. The molecular formula is C15H23N3O. The molecule has 1 amide bonds. The first kappa shape index (κ1) is 13.8. The van der Waals surface area contributed by atoms with Gasteiger partial charge in [0.1, 0.15) is 5.82 Å². The van der Waals surface area contributed by atoms with Crippen LogP contribution >= 0.6 is 0 Å². The van der Waals surface area contributed by atoms with Gasteiger partial charge in [0.15, 0.2) is 0 Å². The molecule has 4 nitrogen and oxygen atoms in total. The van der Waals surface area contributed by atoms with E-state index in [0.29, 0.717) is 6.04 Å². The van der Waals surface area contributed by atoms with Crippen molar-refractivity contribution in [3.8, 4) is 0 Å². The van der Waals surface area contributed by atoms with Gasteiger partial charge in [-0.25, -0.2) is 4.98 Å². The zero-order valence-electron chi connectivity index (χ0n) is 11.9. The Hall–Kier alpha value is -1.58. The van der Waals surface area contributed by atoms with Crippen LogP contribution in [0.4, 0.5) is 5.82 Å². The van der Waals surface area contributed by atoms with E-state index in [-0.39, 0.29) is 5.91 Å². The maximum Gasteiger partial charge on any atom is 0.254 e. The van der Waals surface area contributed by atoms with Crippen molar-refractivity contribution in [2.24, 2.45) is 0 Å². The average Bonchev–Trinajstić information content (AvgIpc) is 3.22. The summed E-state index contributed by atoms with van der Waals surface area (Å²) in [6.07, 6.45) is 6.11. The Bertz CT molecular complexity index is 423. The number of aromatic nitrogens is 1. The lowest BCUT2D eigenvalue weighted by atomic mass is 10.2. The summed E-state index contributed by atoms with van der Waals surface area (Å²) < 4.78 is 0. The number of anilines is 1. The summed E-state index contributed by atoms with van der Waals surface area (Å²) in [5.74, 6) is 0.936. The molecule has 1 heterocycles. The van der Waals surface area contributed by atoms with Crippen LogP contribution in [0.2, 0.25) is 0 Å². The van der Waals surface area contributed by atoms with Crippen LogP contribution in [0, 0.1) is 0 Å². The van der Waals surface area contributed by atoms with E-state index >= 15 is 0 Å². The van der Waals surface area contributed by atoms with Gasteiger partial charge >= 0.3 is 0 Å². The summed E-state index contributed by atoms with van der Waals surface area (Å²) in [4.78, 5) is 18.6. The molecule has 0 unspecified atom stereocenters. The van der Waals surface area contributed by atoms with Crippen molar-refractivity contribution in [2.45, 2.75) is 45.6 Å². The zero-order valence-corrected chi connectivity index (χ0v) is 11.9. The average molecular weight is 261 g/mol. The largest absolute Gasteiger partial charge is 0.367 e. The van der Waals surface area contributed by atoms with Crippen LogP contribution in [0.1, 0.15) is 49.9 Å². The van der Waals surface area contributed by atoms with Gasteiger partial charge in [-0.3, -0.25) is 4.79 Å². The number of hydrogen-bond acceptors (Lipinski definition) is 3. The summed E-state index contributed by atoms with van der Waals surface area (Å²) in [6.45, 7) is 5.84. The lowest BCUT2D eigenvalue weighted by Gasteiger charge is -2.21. The number of nitrogens with zero attached hydrogens (tertiary/aromatic N) is 2. The second-order valence-electron chi connectivity index (χ2n) is 5.14. The number of pyridine rings is 1. The lowest BCUT2D eigenvalue weighted by Crippen LogP contribution is -2.32. The van der Waals surface area contributed by atoms with Crippen molar-refractivity contribution in [2.75, 3.05) is 18.4 Å². The number of rotatable bonds is 7. The van der Waals surface area contributed by atoms with Crippen molar-refractivity contribution >= 4 is 11.7 Å². The highest BCUT2D eigenvalue weighted by Crippen LogP contribution is 2.24. The Labute approximate surface area is 115 Å². The predicted octanol–water partition coefficient (Wildman–Crippen LogP) is 2.92. The van der Waals surface area contributed by atoms with E-state index in [4.69, 9.17) is 0 Å². The van der Waals surface area contributed by atoms with Crippen molar-refractivity contribution in [1.29, 1.82) is 0 Å². The number of amides is 1. The van der Waals surface area contributed by atoms with E-state index in [9.17, 15) is 4.79 Å². The highest BCUT2D eigenvalue weighted by Gasteiger charge is 2.22. The molecule has 104 valence electrons. The van der Waals surface area contributed by atoms with Crippen LogP contribution in [0.15, 0.2) is 18.3 Å². The maximum atomic E-state index is 12.4. The molecule has 1 aromatic heterocycles. The number of carbonyl (C=O) groups is 1. The molecule has 2 rings (SSSR count). The molecule has 19 heavy (non-hydrogen) atoms. The SMILES string of the molecule is CCCN(CCC)C(=O)c1ccnc(NC2CC2)c1. The highest BCUT2D eigenvalue weighted by molar-refractivity contribution is 5.94. The molecule has 0 saturated heterocycles. The van der Waals surface area contributed by atoms with E-state index in [2.05, 4.69) is 24.1 Å². The Balaban J connectivity index is 2.07. The van der Waals surface area contributed by atoms with Gasteiger partial charge < -0.3 is 10.2 Å². The molecule has 1 aromatic rings. The molecule has 1 aliphatic carbocycles. The van der Waals surface area contributed by atoms with Crippen LogP contribution in [-0.4, -0.2) is 34.9 Å². The van der Waals surface area contributed by atoms with Crippen LogP contribution in [0.3, 0.4) is 0 Å². The minimum atomic E-state index is 0.116. The molecule has 4 heteroatoms. The highest BCUT2D eigenvalue weighted by atomic mass is 16.2. The summed E-state index contributed by atoms with van der Waals surface area (Å²) in [5.41, 5.74) is 0.736. The van der Waals surface area contributed by atoms with Gasteiger partial charge in [0.25, 0.3) is 5.91 Å². The summed E-state index contributed by atoms with van der Waals surface area (Å²) in [6, 6.07) is 4.23. The maximum absolute atomic E-state index is 12.4. The topological polar surface area (TPSA) is 45.2 Å². The number of hydrogen-bond donors (Lipinski definition) is 1. The fraction of sp³-hybridized carbons (Fsp3) is 0.600. The smallest absolute Gasteiger partial charge is 0.254 e. The molecular weight excluding hydrogens is 238 g/mol. The van der Waals surface area contributed by atoms with Gasteiger partial charge in [-0.15, -0.1) is 0 Å². The summed E-state index contributed by atoms with van der Waals surface area (Å²) in [5, 5.41) is 3.33. The predicted molar refractivity (Wildman–Crippen MR) is 77.4 cm³/mol. The summed E-state index contributed by atoms with van der Waals surface area (Å²) in [7, 11) is 0. The third-order valence-electron chi connectivity index (χ3n) is 3.21. The van der Waals surface area contributed by atoms with Crippen LogP contribution < -0.4 is 5.32 Å². The first-order valence-corrected chi connectivity index (χ1v) is 7.26. The number of carbonyl (C=O) groups excluding carboxylic acids is 1. The van der Waals surface area contributed by atoms with Crippen molar-refractivity contribution in [3.63, 3.8) is 0 Å². The van der Waals surface area contributed by atoms with Gasteiger partial charge in [-0.1, -0.05) is 13.8 Å². The van der Waals surface area contributed by atoms with Crippen LogP contribution in [0.5, 0.6) is 0 Å². The molecule has 0 spiro atoms. The van der Waals surface area contributed by atoms with E-state index in [1.165, 1.54) is 12.8 Å².